The Morgan fingerprint density at radius 2 is 1.64 bits per heavy atom. The molecule has 10 nitrogen and oxygen atoms in total. The number of nitrogens with zero attached hydrogens (tertiary/aromatic N) is 1. The van der Waals surface area contributed by atoms with Gasteiger partial charge in [-0.05, 0) is 43.4 Å². The summed E-state index contributed by atoms with van der Waals surface area (Å²) in [7, 11) is 0. The van der Waals surface area contributed by atoms with Crippen LogP contribution in [0.25, 0.3) is 0 Å². The van der Waals surface area contributed by atoms with E-state index in [9.17, 15) is 37.9 Å². The smallest absolute Gasteiger partial charge is 0.405 e. The molecule has 4 amide bonds. The van der Waals surface area contributed by atoms with Crippen LogP contribution in [0.4, 0.5) is 13.6 Å². The predicted molar refractivity (Wildman–Crippen MR) is 126 cm³/mol. The monoisotopic (exact) mass is 516 g/mol. The Morgan fingerprint density at radius 1 is 1.06 bits per heavy atom. The van der Waals surface area contributed by atoms with Crippen LogP contribution in [0.15, 0.2) is 0 Å². The summed E-state index contributed by atoms with van der Waals surface area (Å²) in [5.74, 6) is -6.45. The van der Waals surface area contributed by atoms with Gasteiger partial charge in [0.1, 0.15) is 12.1 Å². The maximum absolute atomic E-state index is 13.6. The SMILES string of the molecule is CC(F)(F)CC[C@H](NC(=O)[C@@H]1N(C(=O)[C@@H](NC(=O)O)C(C)(C)C)CCC1(C)C)C(=O)C(=O)NC1CC1. The van der Waals surface area contributed by atoms with Gasteiger partial charge in [0.25, 0.3) is 5.91 Å². The molecular formula is C24H38F2N4O6. The summed E-state index contributed by atoms with van der Waals surface area (Å²) >= 11 is 0. The molecule has 12 heteroatoms. The molecule has 0 aromatic rings. The van der Waals surface area contributed by atoms with E-state index in [-0.39, 0.29) is 12.6 Å². The minimum atomic E-state index is -3.12. The first-order valence-corrected chi connectivity index (χ1v) is 12.2. The molecule has 0 aromatic carbocycles. The van der Waals surface area contributed by atoms with E-state index < -0.39 is 77.3 Å². The third-order valence-electron chi connectivity index (χ3n) is 6.60. The number of rotatable bonds is 10. The minimum absolute atomic E-state index is 0.136. The van der Waals surface area contributed by atoms with Gasteiger partial charge in [0.05, 0.1) is 6.04 Å². The van der Waals surface area contributed by atoms with E-state index in [1.807, 2.05) is 0 Å². The van der Waals surface area contributed by atoms with Gasteiger partial charge in [-0.2, -0.15) is 0 Å². The third kappa shape index (κ3) is 7.86. The molecule has 0 unspecified atom stereocenters. The molecule has 1 aliphatic heterocycles. The first-order valence-electron chi connectivity index (χ1n) is 12.2. The van der Waals surface area contributed by atoms with Crippen LogP contribution in [0.5, 0.6) is 0 Å². The molecule has 1 aliphatic carbocycles. The van der Waals surface area contributed by atoms with Gasteiger partial charge in [0.15, 0.2) is 0 Å². The van der Waals surface area contributed by atoms with Crippen molar-refractivity contribution in [2.24, 2.45) is 10.8 Å². The lowest BCUT2D eigenvalue weighted by Gasteiger charge is -2.37. The van der Waals surface area contributed by atoms with Gasteiger partial charge in [0.2, 0.25) is 23.5 Å². The number of carbonyl (C=O) groups is 5. The summed E-state index contributed by atoms with van der Waals surface area (Å²) in [5.41, 5.74) is -1.57. The second-order valence-corrected chi connectivity index (χ2v) is 11.7. The number of alkyl halides is 2. The molecule has 2 fully saturated rings. The van der Waals surface area contributed by atoms with E-state index in [4.69, 9.17) is 0 Å². The summed E-state index contributed by atoms with van der Waals surface area (Å²) in [6.45, 7) is 9.38. The van der Waals surface area contributed by atoms with Crippen molar-refractivity contribution in [1.82, 2.24) is 20.9 Å². The molecule has 1 saturated carbocycles. The standard InChI is InChI=1S/C24H38F2N4O6/c1-22(2,3)16(29-21(35)36)20(34)30-12-11-23(4,5)17(30)19(33)28-14(9-10-24(6,25)26)15(31)18(32)27-13-7-8-13/h13-14,16-17,29H,7-12H2,1-6H3,(H,27,32)(H,28,33)(H,35,36)/t14-,16+,17-/m0/s1. The zero-order chi connectivity index (χ0) is 27.6. The molecule has 0 radical (unpaired) electrons. The van der Waals surface area contributed by atoms with Gasteiger partial charge in [-0.25, -0.2) is 13.6 Å². The quantitative estimate of drug-likeness (QED) is 0.327. The summed E-state index contributed by atoms with van der Waals surface area (Å²) in [5, 5.41) is 16.4. The Kier molecular flexibility index (Phi) is 8.73. The summed E-state index contributed by atoms with van der Waals surface area (Å²) in [4.78, 5) is 64.6. The summed E-state index contributed by atoms with van der Waals surface area (Å²) in [6, 6.07) is -3.89. The molecule has 0 aromatic heterocycles. The van der Waals surface area contributed by atoms with E-state index >= 15 is 0 Å². The molecule has 3 atom stereocenters. The second-order valence-electron chi connectivity index (χ2n) is 11.7. The zero-order valence-electron chi connectivity index (χ0n) is 21.7. The molecule has 36 heavy (non-hydrogen) atoms. The summed E-state index contributed by atoms with van der Waals surface area (Å²) < 4.78 is 27.1. The molecule has 1 heterocycles. The number of hydrogen-bond donors (Lipinski definition) is 4. The number of amides is 4. The molecular weight excluding hydrogens is 478 g/mol. The highest BCUT2D eigenvalue weighted by molar-refractivity contribution is 6.38. The first-order chi connectivity index (χ1) is 16.3. The lowest BCUT2D eigenvalue weighted by atomic mass is 9.82. The average molecular weight is 517 g/mol. The topological polar surface area (TPSA) is 145 Å². The molecule has 204 valence electrons. The number of hydrogen-bond acceptors (Lipinski definition) is 5. The average Bonchev–Trinajstić information content (AvgIpc) is 3.47. The molecule has 4 N–H and O–H groups in total. The van der Waals surface area contributed by atoms with E-state index in [0.29, 0.717) is 13.3 Å². The Balaban J connectivity index is 2.29. The van der Waals surface area contributed by atoms with Crippen LogP contribution in [0.1, 0.15) is 73.6 Å². The van der Waals surface area contributed by atoms with Crippen LogP contribution in [-0.4, -0.2) is 76.2 Å². The molecule has 2 aliphatic rings. The number of carbonyl (C=O) groups excluding carboxylic acids is 4. The number of likely N-dealkylation sites (tertiary alicyclic amines) is 1. The van der Waals surface area contributed by atoms with Gasteiger partial charge in [-0.15, -0.1) is 0 Å². The minimum Gasteiger partial charge on any atom is -0.465 e. The Hall–Kier alpha value is -2.79. The summed E-state index contributed by atoms with van der Waals surface area (Å²) in [6.07, 6.45) is -0.736. The molecule has 0 spiro atoms. The van der Waals surface area contributed by atoms with Crippen molar-refractivity contribution >= 4 is 29.6 Å². The Labute approximate surface area is 209 Å². The van der Waals surface area contributed by atoms with Crippen molar-refractivity contribution in [3.05, 3.63) is 0 Å². The van der Waals surface area contributed by atoms with Gasteiger partial charge in [-0.3, -0.25) is 19.2 Å². The van der Waals surface area contributed by atoms with Crippen LogP contribution < -0.4 is 16.0 Å². The fraction of sp³-hybridized carbons (Fsp3) is 0.792. The van der Waals surface area contributed by atoms with Crippen molar-refractivity contribution in [2.45, 2.75) is 104 Å². The second kappa shape index (κ2) is 10.7. The highest BCUT2D eigenvalue weighted by atomic mass is 19.3. The van der Waals surface area contributed by atoms with Gasteiger partial charge in [0, 0.05) is 19.0 Å². The predicted octanol–water partition coefficient (Wildman–Crippen LogP) is 2.06. The van der Waals surface area contributed by atoms with E-state index in [2.05, 4.69) is 16.0 Å². The molecule has 2 rings (SSSR count). The van der Waals surface area contributed by atoms with Gasteiger partial charge < -0.3 is 26.0 Å². The van der Waals surface area contributed by atoms with Crippen molar-refractivity contribution in [2.75, 3.05) is 6.54 Å². The van der Waals surface area contributed by atoms with Crippen LogP contribution in [0.2, 0.25) is 0 Å². The number of Topliss-reactive ketones (excluding diaryl/α,β-unsaturated/α-hetero) is 1. The van der Waals surface area contributed by atoms with Crippen LogP contribution >= 0.6 is 0 Å². The Morgan fingerprint density at radius 3 is 2.11 bits per heavy atom. The molecule has 0 bridgehead atoms. The highest BCUT2D eigenvalue weighted by Crippen LogP contribution is 2.38. The Bertz CT molecular complexity index is 892. The largest absolute Gasteiger partial charge is 0.465 e. The zero-order valence-corrected chi connectivity index (χ0v) is 21.7. The van der Waals surface area contributed by atoms with Gasteiger partial charge >= 0.3 is 6.09 Å². The highest BCUT2D eigenvalue weighted by Gasteiger charge is 2.50. The molecule has 1 saturated heterocycles. The van der Waals surface area contributed by atoms with E-state index in [1.165, 1.54) is 4.90 Å². The number of ketones is 1. The number of nitrogens with one attached hydrogen (secondary N) is 3. The van der Waals surface area contributed by atoms with Crippen molar-refractivity contribution < 1.29 is 37.9 Å². The van der Waals surface area contributed by atoms with Crippen LogP contribution in [-0.2, 0) is 19.2 Å². The number of carboxylic acid groups (broad SMARTS) is 1. The van der Waals surface area contributed by atoms with Crippen LogP contribution in [0.3, 0.4) is 0 Å². The van der Waals surface area contributed by atoms with Crippen molar-refractivity contribution in [3.8, 4) is 0 Å². The van der Waals surface area contributed by atoms with Gasteiger partial charge in [-0.1, -0.05) is 34.6 Å². The lowest BCUT2D eigenvalue weighted by molar-refractivity contribution is -0.145. The van der Waals surface area contributed by atoms with Crippen molar-refractivity contribution in [3.63, 3.8) is 0 Å². The fourth-order valence-electron chi connectivity index (χ4n) is 4.33. The van der Waals surface area contributed by atoms with E-state index in [0.717, 1.165) is 12.8 Å². The normalized spacial score (nSPS) is 21.3. The fourth-order valence-corrected chi connectivity index (χ4v) is 4.33. The maximum atomic E-state index is 13.6. The lowest BCUT2D eigenvalue weighted by Crippen LogP contribution is -2.60. The third-order valence-corrected chi connectivity index (χ3v) is 6.60. The van der Waals surface area contributed by atoms with E-state index in [1.54, 1.807) is 34.6 Å². The first kappa shape index (κ1) is 29.4. The number of halogens is 2. The van der Waals surface area contributed by atoms with Crippen LogP contribution in [0, 0.1) is 10.8 Å². The maximum Gasteiger partial charge on any atom is 0.405 e. The van der Waals surface area contributed by atoms with Crippen molar-refractivity contribution in [1.29, 1.82) is 0 Å².